The highest BCUT2D eigenvalue weighted by Crippen LogP contribution is 2.26. The van der Waals surface area contributed by atoms with Gasteiger partial charge in [-0.05, 0) is 12.0 Å². The van der Waals surface area contributed by atoms with Gasteiger partial charge in [-0.3, -0.25) is 5.10 Å². The summed E-state index contributed by atoms with van der Waals surface area (Å²) in [6.45, 7) is 3.58. The minimum Gasteiger partial charge on any atom is -0.383 e. The van der Waals surface area contributed by atoms with Crippen LogP contribution in [0, 0.1) is 0 Å². The molecule has 0 unspecified atom stereocenters. The van der Waals surface area contributed by atoms with E-state index in [1.807, 2.05) is 18.2 Å². The van der Waals surface area contributed by atoms with E-state index in [0.717, 1.165) is 24.5 Å². The minimum atomic E-state index is 0.677. The van der Waals surface area contributed by atoms with Crippen molar-refractivity contribution < 1.29 is 4.74 Å². The third-order valence-electron chi connectivity index (χ3n) is 2.88. The lowest BCUT2D eigenvalue weighted by atomic mass is 10.1. The monoisotopic (exact) mass is 245 g/mol. The van der Waals surface area contributed by atoms with Crippen molar-refractivity contribution in [2.75, 3.05) is 25.6 Å². The predicted octanol–water partition coefficient (Wildman–Crippen LogP) is 2.70. The first-order valence-corrected chi connectivity index (χ1v) is 6.22. The molecule has 0 atom stereocenters. The number of aromatic amines is 1. The van der Waals surface area contributed by atoms with Gasteiger partial charge in [0.15, 0.2) is 5.82 Å². The van der Waals surface area contributed by atoms with Crippen LogP contribution in [0.1, 0.15) is 12.5 Å². The Bertz CT molecular complexity index is 479. The van der Waals surface area contributed by atoms with E-state index in [4.69, 9.17) is 4.74 Å². The Hall–Kier alpha value is -1.81. The van der Waals surface area contributed by atoms with Crippen molar-refractivity contribution in [2.24, 2.45) is 0 Å². The second-order valence-electron chi connectivity index (χ2n) is 4.06. The van der Waals surface area contributed by atoms with Crippen LogP contribution in [-0.2, 0) is 11.2 Å². The third-order valence-corrected chi connectivity index (χ3v) is 2.88. The van der Waals surface area contributed by atoms with Crippen molar-refractivity contribution in [1.29, 1.82) is 0 Å². The summed E-state index contributed by atoms with van der Waals surface area (Å²) in [4.78, 5) is 0. The summed E-state index contributed by atoms with van der Waals surface area (Å²) < 4.78 is 5.03. The molecule has 0 aliphatic carbocycles. The van der Waals surface area contributed by atoms with Crippen molar-refractivity contribution in [1.82, 2.24) is 10.2 Å². The fourth-order valence-corrected chi connectivity index (χ4v) is 1.97. The number of methoxy groups -OCH3 is 1. The second-order valence-corrected chi connectivity index (χ2v) is 4.06. The largest absolute Gasteiger partial charge is 0.383 e. The van der Waals surface area contributed by atoms with E-state index in [9.17, 15) is 0 Å². The van der Waals surface area contributed by atoms with Gasteiger partial charge in [0.2, 0.25) is 0 Å². The predicted molar refractivity (Wildman–Crippen MR) is 73.8 cm³/mol. The molecule has 0 fully saturated rings. The van der Waals surface area contributed by atoms with Crippen LogP contribution in [0.3, 0.4) is 0 Å². The molecule has 1 aromatic heterocycles. The molecule has 0 saturated carbocycles. The maximum Gasteiger partial charge on any atom is 0.151 e. The molecular formula is C14H19N3O. The van der Waals surface area contributed by atoms with Gasteiger partial charge in [0.05, 0.1) is 12.3 Å². The Morgan fingerprint density at radius 1 is 1.28 bits per heavy atom. The Morgan fingerprint density at radius 2 is 2.06 bits per heavy atom. The number of H-pyrrole nitrogens is 1. The second kappa shape index (κ2) is 6.21. The van der Waals surface area contributed by atoms with E-state index in [1.54, 1.807) is 7.11 Å². The standard InChI is InChI=1S/C14H19N3O/c1-3-12-13(11-7-5-4-6-8-11)16-17-14(12)15-9-10-18-2/h4-8H,3,9-10H2,1-2H3,(H2,15,16,17). The molecule has 2 aromatic rings. The highest BCUT2D eigenvalue weighted by molar-refractivity contribution is 5.68. The van der Waals surface area contributed by atoms with Crippen LogP contribution in [0.2, 0.25) is 0 Å². The number of rotatable bonds is 6. The third kappa shape index (κ3) is 2.71. The molecule has 0 spiro atoms. The van der Waals surface area contributed by atoms with Gasteiger partial charge in [-0.25, -0.2) is 0 Å². The van der Waals surface area contributed by atoms with Crippen LogP contribution >= 0.6 is 0 Å². The van der Waals surface area contributed by atoms with Gasteiger partial charge in [0.25, 0.3) is 0 Å². The number of nitrogens with one attached hydrogen (secondary N) is 2. The van der Waals surface area contributed by atoms with E-state index in [1.165, 1.54) is 11.1 Å². The van der Waals surface area contributed by atoms with Crippen molar-refractivity contribution in [3.63, 3.8) is 0 Å². The first kappa shape index (κ1) is 12.6. The Labute approximate surface area is 107 Å². The van der Waals surface area contributed by atoms with E-state index < -0.39 is 0 Å². The molecule has 4 heteroatoms. The van der Waals surface area contributed by atoms with Crippen molar-refractivity contribution >= 4 is 5.82 Å². The number of hydrogen-bond donors (Lipinski definition) is 2. The van der Waals surface area contributed by atoms with Crippen molar-refractivity contribution in [2.45, 2.75) is 13.3 Å². The molecule has 0 saturated heterocycles. The molecule has 2 N–H and O–H groups in total. The van der Waals surface area contributed by atoms with Crippen LogP contribution in [0.5, 0.6) is 0 Å². The molecule has 18 heavy (non-hydrogen) atoms. The van der Waals surface area contributed by atoms with E-state index in [0.29, 0.717) is 6.61 Å². The number of ether oxygens (including phenoxy) is 1. The molecule has 0 bridgehead atoms. The average molecular weight is 245 g/mol. The number of benzene rings is 1. The van der Waals surface area contributed by atoms with E-state index >= 15 is 0 Å². The fourth-order valence-electron chi connectivity index (χ4n) is 1.97. The van der Waals surface area contributed by atoms with Gasteiger partial charge in [-0.1, -0.05) is 37.3 Å². The molecule has 0 aliphatic rings. The molecule has 0 radical (unpaired) electrons. The molecule has 2 rings (SSSR count). The van der Waals surface area contributed by atoms with Crippen LogP contribution < -0.4 is 5.32 Å². The lowest BCUT2D eigenvalue weighted by Crippen LogP contribution is -2.09. The maximum absolute atomic E-state index is 5.03. The van der Waals surface area contributed by atoms with Gasteiger partial charge in [-0.2, -0.15) is 5.10 Å². The number of hydrogen-bond acceptors (Lipinski definition) is 3. The smallest absolute Gasteiger partial charge is 0.151 e. The molecule has 1 aromatic carbocycles. The number of nitrogens with zero attached hydrogens (tertiary/aromatic N) is 1. The fraction of sp³-hybridized carbons (Fsp3) is 0.357. The molecule has 0 amide bonds. The first-order valence-electron chi connectivity index (χ1n) is 6.22. The van der Waals surface area contributed by atoms with Crippen LogP contribution in [-0.4, -0.2) is 30.5 Å². The lowest BCUT2D eigenvalue weighted by molar-refractivity contribution is 0.210. The maximum atomic E-state index is 5.03. The van der Waals surface area contributed by atoms with Gasteiger partial charge >= 0.3 is 0 Å². The Kier molecular flexibility index (Phi) is 4.36. The zero-order valence-electron chi connectivity index (χ0n) is 10.9. The van der Waals surface area contributed by atoms with Gasteiger partial charge in [-0.15, -0.1) is 0 Å². The summed E-state index contributed by atoms with van der Waals surface area (Å²) in [6, 6.07) is 10.3. The van der Waals surface area contributed by atoms with E-state index in [-0.39, 0.29) is 0 Å². The molecular weight excluding hydrogens is 226 g/mol. The molecule has 0 aliphatic heterocycles. The quantitative estimate of drug-likeness (QED) is 0.769. The normalized spacial score (nSPS) is 10.6. The molecule has 4 nitrogen and oxygen atoms in total. The highest BCUT2D eigenvalue weighted by Gasteiger charge is 2.12. The molecule has 96 valence electrons. The van der Waals surface area contributed by atoms with Gasteiger partial charge in [0, 0.05) is 19.2 Å². The zero-order chi connectivity index (χ0) is 12.8. The van der Waals surface area contributed by atoms with Gasteiger partial charge in [0.1, 0.15) is 0 Å². The van der Waals surface area contributed by atoms with Crippen LogP contribution in [0.15, 0.2) is 30.3 Å². The summed E-state index contributed by atoms with van der Waals surface area (Å²) in [5, 5.41) is 10.7. The lowest BCUT2D eigenvalue weighted by Gasteiger charge is -2.05. The number of anilines is 1. The van der Waals surface area contributed by atoms with Crippen molar-refractivity contribution in [3.8, 4) is 11.3 Å². The highest BCUT2D eigenvalue weighted by atomic mass is 16.5. The summed E-state index contributed by atoms with van der Waals surface area (Å²) >= 11 is 0. The van der Waals surface area contributed by atoms with Crippen molar-refractivity contribution in [3.05, 3.63) is 35.9 Å². The Morgan fingerprint density at radius 3 is 2.72 bits per heavy atom. The first-order chi connectivity index (χ1) is 8.86. The summed E-state index contributed by atoms with van der Waals surface area (Å²) in [6.07, 6.45) is 0.941. The topological polar surface area (TPSA) is 49.9 Å². The van der Waals surface area contributed by atoms with Gasteiger partial charge < -0.3 is 10.1 Å². The van der Waals surface area contributed by atoms with Crippen LogP contribution in [0.25, 0.3) is 11.3 Å². The minimum absolute atomic E-state index is 0.677. The van der Waals surface area contributed by atoms with Crippen LogP contribution in [0.4, 0.5) is 5.82 Å². The summed E-state index contributed by atoms with van der Waals surface area (Å²) in [5.41, 5.74) is 3.48. The average Bonchev–Trinajstić information content (AvgIpc) is 2.83. The Balaban J connectivity index is 2.22. The van der Waals surface area contributed by atoms with E-state index in [2.05, 4.69) is 34.6 Å². The zero-order valence-corrected chi connectivity index (χ0v) is 10.9. The summed E-state index contributed by atoms with van der Waals surface area (Å²) in [5.74, 6) is 0.924. The summed E-state index contributed by atoms with van der Waals surface area (Å²) in [7, 11) is 1.70. The SMILES string of the molecule is CCc1c(NCCOC)n[nH]c1-c1ccccc1. The molecule has 1 heterocycles. The number of aromatic nitrogens is 2.